The lowest BCUT2D eigenvalue weighted by atomic mass is 10.1. The molecule has 0 heteroatoms. The molecule has 0 nitrogen and oxygen atoms in total. The number of hydrogen-bond donors (Lipinski definition) is 0. The summed E-state index contributed by atoms with van der Waals surface area (Å²) in [5, 5.41) is 0. The van der Waals surface area contributed by atoms with Crippen molar-refractivity contribution in [2.24, 2.45) is 0 Å². The highest BCUT2D eigenvalue weighted by Gasteiger charge is 1.91. The Kier molecular flexibility index (Phi) is 21.3. The first kappa shape index (κ1) is 23.1. The molecule has 0 aliphatic heterocycles. The lowest BCUT2D eigenvalue weighted by Gasteiger charge is -2.00. The highest BCUT2D eigenvalue weighted by molar-refractivity contribution is 5.25. The molecule has 0 fully saturated rings. The predicted molar refractivity (Wildman–Crippen MR) is 110 cm³/mol. The van der Waals surface area contributed by atoms with Crippen molar-refractivity contribution in [3.63, 3.8) is 0 Å². The molecule has 0 saturated carbocycles. The maximum absolute atomic E-state index is 3.21. The molecule has 0 saturated heterocycles. The SMILES string of the molecule is CCCCCCCCC#CC#CCCCCCCCCCCCC. The molecule has 0 N–H and O–H groups in total. The molecule has 0 rings (SSSR count). The third kappa shape index (κ3) is 21.1. The smallest absolute Gasteiger partial charge is 0.00989 e. The van der Waals surface area contributed by atoms with Crippen LogP contribution in [0.25, 0.3) is 0 Å². The van der Waals surface area contributed by atoms with E-state index in [4.69, 9.17) is 0 Å². The molecule has 0 aromatic heterocycles. The lowest BCUT2D eigenvalue weighted by Crippen LogP contribution is -1.81. The van der Waals surface area contributed by atoms with E-state index >= 15 is 0 Å². The maximum Gasteiger partial charge on any atom is 0.00989 e. The summed E-state index contributed by atoms with van der Waals surface area (Å²) in [7, 11) is 0. The van der Waals surface area contributed by atoms with Gasteiger partial charge < -0.3 is 0 Å². The van der Waals surface area contributed by atoms with E-state index in [1.54, 1.807) is 0 Å². The molecule has 24 heavy (non-hydrogen) atoms. The molecule has 0 aliphatic carbocycles. The summed E-state index contributed by atoms with van der Waals surface area (Å²) in [6, 6.07) is 0. The van der Waals surface area contributed by atoms with Crippen LogP contribution in [0, 0.1) is 23.7 Å². The molecule has 0 aliphatic rings. The Labute approximate surface area is 153 Å². The molecule has 0 aromatic rings. The third-order valence-corrected chi connectivity index (χ3v) is 4.55. The molecule has 0 atom stereocenters. The summed E-state index contributed by atoms with van der Waals surface area (Å²) in [6.07, 6.45) is 24.0. The summed E-state index contributed by atoms with van der Waals surface area (Å²) in [4.78, 5) is 0. The molecule has 0 bridgehead atoms. The van der Waals surface area contributed by atoms with Crippen molar-refractivity contribution in [1.82, 2.24) is 0 Å². The molecular formula is C24H42. The molecular weight excluding hydrogens is 288 g/mol. The Bertz CT molecular complexity index is 344. The highest BCUT2D eigenvalue weighted by atomic mass is 14.0. The standard InChI is InChI=1S/C24H42/c1-3-5-7-9-11-13-15-17-19-21-23-24-22-20-18-16-14-12-10-8-6-4-2/h3-17,19,21,23H2,1-2H3. The minimum absolute atomic E-state index is 1.03. The van der Waals surface area contributed by atoms with Gasteiger partial charge in [0.15, 0.2) is 0 Å². The van der Waals surface area contributed by atoms with E-state index < -0.39 is 0 Å². The molecule has 0 heterocycles. The fraction of sp³-hybridized carbons (Fsp3) is 0.833. The van der Waals surface area contributed by atoms with Crippen LogP contribution in [0.4, 0.5) is 0 Å². The van der Waals surface area contributed by atoms with Gasteiger partial charge in [-0.1, -0.05) is 116 Å². The van der Waals surface area contributed by atoms with Crippen LogP contribution in [0.15, 0.2) is 0 Å². The highest BCUT2D eigenvalue weighted by Crippen LogP contribution is 2.11. The quantitative estimate of drug-likeness (QED) is 0.198. The fourth-order valence-electron chi connectivity index (χ4n) is 2.91. The summed E-state index contributed by atoms with van der Waals surface area (Å²) >= 11 is 0. The van der Waals surface area contributed by atoms with E-state index in [1.165, 1.54) is 103 Å². The zero-order valence-electron chi connectivity index (χ0n) is 16.7. The van der Waals surface area contributed by atoms with Crippen molar-refractivity contribution >= 4 is 0 Å². The van der Waals surface area contributed by atoms with E-state index in [-0.39, 0.29) is 0 Å². The van der Waals surface area contributed by atoms with Gasteiger partial charge in [0.2, 0.25) is 0 Å². The first-order chi connectivity index (χ1) is 11.9. The normalized spacial score (nSPS) is 9.92. The summed E-state index contributed by atoms with van der Waals surface area (Å²) < 4.78 is 0. The van der Waals surface area contributed by atoms with E-state index in [1.807, 2.05) is 0 Å². The molecule has 0 radical (unpaired) electrons. The van der Waals surface area contributed by atoms with Crippen LogP contribution in [0.5, 0.6) is 0 Å². The van der Waals surface area contributed by atoms with Crippen LogP contribution in [0.3, 0.4) is 0 Å². The molecule has 138 valence electrons. The fourth-order valence-corrected chi connectivity index (χ4v) is 2.91. The van der Waals surface area contributed by atoms with Crippen molar-refractivity contribution < 1.29 is 0 Å². The zero-order chi connectivity index (χ0) is 17.6. The number of unbranched alkanes of at least 4 members (excludes halogenated alkanes) is 16. The van der Waals surface area contributed by atoms with Crippen molar-refractivity contribution in [2.75, 3.05) is 0 Å². The Morgan fingerprint density at radius 2 is 0.667 bits per heavy atom. The predicted octanol–water partition coefficient (Wildman–Crippen LogP) is 8.05. The van der Waals surface area contributed by atoms with Crippen LogP contribution in [-0.4, -0.2) is 0 Å². The number of hydrogen-bond acceptors (Lipinski definition) is 0. The Morgan fingerprint density at radius 3 is 1.00 bits per heavy atom. The van der Waals surface area contributed by atoms with Gasteiger partial charge in [-0.05, 0) is 24.7 Å². The summed E-state index contributed by atoms with van der Waals surface area (Å²) in [6.45, 7) is 4.55. The summed E-state index contributed by atoms with van der Waals surface area (Å²) in [5.74, 6) is 12.4. The first-order valence-electron chi connectivity index (χ1n) is 10.9. The van der Waals surface area contributed by atoms with Crippen LogP contribution < -0.4 is 0 Å². The second kappa shape index (κ2) is 22.1. The third-order valence-electron chi connectivity index (χ3n) is 4.55. The van der Waals surface area contributed by atoms with E-state index in [0.29, 0.717) is 0 Å². The second-order valence-electron chi connectivity index (χ2n) is 7.05. The monoisotopic (exact) mass is 330 g/mol. The van der Waals surface area contributed by atoms with Gasteiger partial charge in [0.25, 0.3) is 0 Å². The van der Waals surface area contributed by atoms with Crippen molar-refractivity contribution in [1.29, 1.82) is 0 Å². The van der Waals surface area contributed by atoms with Gasteiger partial charge >= 0.3 is 0 Å². The average molecular weight is 331 g/mol. The van der Waals surface area contributed by atoms with Crippen LogP contribution >= 0.6 is 0 Å². The van der Waals surface area contributed by atoms with Crippen LogP contribution in [-0.2, 0) is 0 Å². The van der Waals surface area contributed by atoms with E-state index in [0.717, 1.165) is 12.8 Å². The largest absolute Gasteiger partial charge is 0.0891 e. The van der Waals surface area contributed by atoms with E-state index in [2.05, 4.69) is 37.5 Å². The molecule has 0 amide bonds. The topological polar surface area (TPSA) is 0 Å². The van der Waals surface area contributed by atoms with Gasteiger partial charge in [-0.15, -0.1) is 0 Å². The zero-order valence-corrected chi connectivity index (χ0v) is 16.7. The average Bonchev–Trinajstić information content (AvgIpc) is 2.60. The molecule has 0 spiro atoms. The molecule has 0 aromatic carbocycles. The Hall–Kier alpha value is -0.880. The van der Waals surface area contributed by atoms with Gasteiger partial charge in [-0.25, -0.2) is 0 Å². The first-order valence-corrected chi connectivity index (χ1v) is 10.9. The Morgan fingerprint density at radius 1 is 0.375 bits per heavy atom. The number of rotatable bonds is 16. The minimum atomic E-state index is 1.03. The van der Waals surface area contributed by atoms with Crippen molar-refractivity contribution in [3.8, 4) is 23.7 Å². The van der Waals surface area contributed by atoms with Gasteiger partial charge in [0, 0.05) is 12.8 Å². The van der Waals surface area contributed by atoms with Crippen LogP contribution in [0.1, 0.15) is 129 Å². The molecule has 0 unspecified atom stereocenters. The van der Waals surface area contributed by atoms with Crippen molar-refractivity contribution in [3.05, 3.63) is 0 Å². The van der Waals surface area contributed by atoms with Gasteiger partial charge in [-0.3, -0.25) is 0 Å². The lowest BCUT2D eigenvalue weighted by molar-refractivity contribution is 0.558. The summed E-state index contributed by atoms with van der Waals surface area (Å²) in [5.41, 5.74) is 0. The van der Waals surface area contributed by atoms with Gasteiger partial charge in [-0.2, -0.15) is 0 Å². The second-order valence-corrected chi connectivity index (χ2v) is 7.05. The minimum Gasteiger partial charge on any atom is -0.0891 e. The van der Waals surface area contributed by atoms with Gasteiger partial charge in [0.05, 0.1) is 0 Å². The maximum atomic E-state index is 3.21. The van der Waals surface area contributed by atoms with Crippen LogP contribution in [0.2, 0.25) is 0 Å². The van der Waals surface area contributed by atoms with Crippen molar-refractivity contribution in [2.45, 2.75) is 129 Å². The van der Waals surface area contributed by atoms with Gasteiger partial charge in [0.1, 0.15) is 0 Å². The Balaban J connectivity index is 3.21. The van der Waals surface area contributed by atoms with E-state index in [9.17, 15) is 0 Å².